The van der Waals surface area contributed by atoms with Crippen LogP contribution in [0.25, 0.3) is 0 Å². The quantitative estimate of drug-likeness (QED) is 0.646. The topological polar surface area (TPSA) is 64.3 Å². The van der Waals surface area contributed by atoms with Gasteiger partial charge in [-0.25, -0.2) is 4.79 Å². The lowest BCUT2D eigenvalue weighted by atomic mass is 10.1. The van der Waals surface area contributed by atoms with E-state index in [0.717, 1.165) is 0 Å². The number of esters is 1. The first-order valence-corrected chi connectivity index (χ1v) is 5.12. The zero-order valence-corrected chi connectivity index (χ0v) is 9.67. The summed E-state index contributed by atoms with van der Waals surface area (Å²) < 4.78 is 40.4. The fourth-order valence-electron chi connectivity index (χ4n) is 1.35. The summed E-state index contributed by atoms with van der Waals surface area (Å²) in [5, 5.41) is 2.54. The molecule has 0 saturated heterocycles. The van der Waals surface area contributed by atoms with Crippen LogP contribution < -0.4 is 11.1 Å². The number of ether oxygens (including phenoxy) is 1. The number of halogens is 3. The first kappa shape index (κ1) is 14.1. The van der Waals surface area contributed by atoms with Gasteiger partial charge in [-0.05, 0) is 12.1 Å². The molecular formula is C11H13F3N2O2. The van der Waals surface area contributed by atoms with Crippen molar-refractivity contribution >= 4 is 17.3 Å². The molecule has 7 heteroatoms. The molecule has 4 nitrogen and oxygen atoms in total. The number of nitrogens with two attached hydrogens (primary N) is 1. The Kier molecular flexibility index (Phi) is 4.41. The third kappa shape index (κ3) is 3.83. The maximum Gasteiger partial charge on any atom is 0.390 e. The Hall–Kier alpha value is -1.92. The molecule has 0 radical (unpaired) electrons. The second-order valence-electron chi connectivity index (χ2n) is 3.55. The molecule has 1 aromatic rings. The van der Waals surface area contributed by atoms with Gasteiger partial charge in [0.05, 0.1) is 30.5 Å². The van der Waals surface area contributed by atoms with E-state index in [4.69, 9.17) is 5.73 Å². The molecule has 0 aliphatic heterocycles. The van der Waals surface area contributed by atoms with Crippen LogP contribution in [0.5, 0.6) is 0 Å². The van der Waals surface area contributed by atoms with Gasteiger partial charge in [0.1, 0.15) is 0 Å². The molecular weight excluding hydrogens is 249 g/mol. The minimum Gasteiger partial charge on any atom is -0.465 e. The lowest BCUT2D eigenvalue weighted by Gasteiger charge is -2.12. The van der Waals surface area contributed by atoms with Crippen LogP contribution in [0.4, 0.5) is 24.5 Å². The number of methoxy groups -OCH3 is 1. The van der Waals surface area contributed by atoms with Crippen LogP contribution in [-0.4, -0.2) is 25.8 Å². The first-order chi connectivity index (χ1) is 8.35. The van der Waals surface area contributed by atoms with E-state index in [1.807, 2.05) is 0 Å². The number of hydrogen-bond donors (Lipinski definition) is 2. The summed E-state index contributed by atoms with van der Waals surface area (Å²) in [6.07, 6.45) is -5.21. The highest BCUT2D eigenvalue weighted by Crippen LogP contribution is 2.25. The molecule has 0 spiro atoms. The highest BCUT2D eigenvalue weighted by atomic mass is 19.4. The fourth-order valence-corrected chi connectivity index (χ4v) is 1.35. The van der Waals surface area contributed by atoms with Crippen molar-refractivity contribution in [3.63, 3.8) is 0 Å². The Labute approximate surface area is 102 Å². The van der Waals surface area contributed by atoms with Crippen LogP contribution in [0.2, 0.25) is 0 Å². The van der Waals surface area contributed by atoms with Crippen molar-refractivity contribution in [2.45, 2.75) is 12.6 Å². The van der Waals surface area contributed by atoms with E-state index in [1.54, 1.807) is 0 Å². The highest BCUT2D eigenvalue weighted by Gasteiger charge is 2.26. The Morgan fingerprint density at radius 1 is 1.44 bits per heavy atom. The summed E-state index contributed by atoms with van der Waals surface area (Å²) in [4.78, 5) is 11.3. The van der Waals surface area contributed by atoms with Gasteiger partial charge < -0.3 is 15.8 Å². The van der Waals surface area contributed by atoms with Crippen molar-refractivity contribution in [1.29, 1.82) is 0 Å². The molecule has 0 aromatic heterocycles. The molecule has 0 aliphatic carbocycles. The van der Waals surface area contributed by atoms with E-state index in [0.29, 0.717) is 0 Å². The van der Waals surface area contributed by atoms with Gasteiger partial charge in [-0.2, -0.15) is 13.2 Å². The van der Waals surface area contributed by atoms with E-state index in [2.05, 4.69) is 10.1 Å². The second-order valence-corrected chi connectivity index (χ2v) is 3.55. The normalized spacial score (nSPS) is 11.1. The molecule has 0 atom stereocenters. The van der Waals surface area contributed by atoms with Gasteiger partial charge in [0.15, 0.2) is 0 Å². The number of hydrogen-bond acceptors (Lipinski definition) is 4. The van der Waals surface area contributed by atoms with Crippen LogP contribution in [0, 0.1) is 0 Å². The number of carbonyl (C=O) groups is 1. The highest BCUT2D eigenvalue weighted by molar-refractivity contribution is 5.98. The van der Waals surface area contributed by atoms with Crippen molar-refractivity contribution < 1.29 is 22.7 Å². The minimum absolute atomic E-state index is 0.0755. The summed E-state index contributed by atoms with van der Waals surface area (Å²) >= 11 is 0. The van der Waals surface area contributed by atoms with Crippen LogP contribution >= 0.6 is 0 Å². The lowest BCUT2D eigenvalue weighted by Crippen LogP contribution is -2.16. The Morgan fingerprint density at radius 3 is 2.67 bits per heavy atom. The number of rotatable bonds is 4. The Bertz CT molecular complexity index is 433. The molecule has 0 saturated carbocycles. The van der Waals surface area contributed by atoms with Crippen molar-refractivity contribution in [3.8, 4) is 0 Å². The van der Waals surface area contributed by atoms with Gasteiger partial charge in [-0.1, -0.05) is 6.07 Å². The van der Waals surface area contributed by atoms with Crippen molar-refractivity contribution in [3.05, 3.63) is 23.8 Å². The van der Waals surface area contributed by atoms with Crippen molar-refractivity contribution in [2.24, 2.45) is 0 Å². The Morgan fingerprint density at radius 2 is 2.11 bits per heavy atom. The fraction of sp³-hybridized carbons (Fsp3) is 0.364. The first-order valence-electron chi connectivity index (χ1n) is 5.12. The molecule has 0 amide bonds. The van der Waals surface area contributed by atoms with Gasteiger partial charge in [0.25, 0.3) is 0 Å². The lowest BCUT2D eigenvalue weighted by molar-refractivity contribution is -0.131. The SMILES string of the molecule is COC(=O)c1cccc(NCCC(F)(F)F)c1N. The number of alkyl halides is 3. The van der Waals surface area contributed by atoms with Crippen LogP contribution in [0.3, 0.4) is 0 Å². The van der Waals surface area contributed by atoms with E-state index >= 15 is 0 Å². The number of nitrogen functional groups attached to an aromatic ring is 1. The summed E-state index contributed by atoms with van der Waals surface area (Å²) in [5.74, 6) is -0.632. The molecule has 1 rings (SSSR count). The third-order valence-electron chi connectivity index (χ3n) is 2.24. The van der Waals surface area contributed by atoms with E-state index in [-0.39, 0.29) is 23.5 Å². The number of nitrogens with one attached hydrogen (secondary N) is 1. The molecule has 3 N–H and O–H groups in total. The van der Waals surface area contributed by atoms with Crippen LogP contribution in [-0.2, 0) is 4.74 Å². The average molecular weight is 262 g/mol. The van der Waals surface area contributed by atoms with Gasteiger partial charge in [-0.15, -0.1) is 0 Å². The predicted molar refractivity (Wildman–Crippen MR) is 61.4 cm³/mol. The van der Waals surface area contributed by atoms with Crippen LogP contribution in [0.1, 0.15) is 16.8 Å². The number of benzene rings is 1. The van der Waals surface area contributed by atoms with Gasteiger partial charge in [0.2, 0.25) is 0 Å². The summed E-state index contributed by atoms with van der Waals surface area (Å²) in [6.45, 7) is -0.307. The predicted octanol–water partition coefficient (Wildman–Crippen LogP) is 2.42. The molecule has 1 aromatic carbocycles. The molecule has 0 heterocycles. The summed E-state index contributed by atoms with van der Waals surface area (Å²) in [7, 11) is 1.20. The van der Waals surface area contributed by atoms with E-state index < -0.39 is 18.6 Å². The van der Waals surface area contributed by atoms with E-state index in [9.17, 15) is 18.0 Å². The minimum atomic E-state index is -4.23. The molecule has 0 bridgehead atoms. The van der Waals surface area contributed by atoms with Gasteiger partial charge in [-0.3, -0.25) is 0 Å². The molecule has 0 unspecified atom stereocenters. The zero-order valence-electron chi connectivity index (χ0n) is 9.67. The van der Waals surface area contributed by atoms with E-state index in [1.165, 1.54) is 25.3 Å². The number of anilines is 2. The standard InChI is InChI=1S/C11H13F3N2O2/c1-18-10(17)7-3-2-4-8(9(7)15)16-6-5-11(12,13)14/h2-4,16H,5-6,15H2,1H3. The van der Waals surface area contributed by atoms with Gasteiger partial charge in [0, 0.05) is 6.54 Å². The average Bonchev–Trinajstić information content (AvgIpc) is 2.29. The van der Waals surface area contributed by atoms with Crippen molar-refractivity contribution in [1.82, 2.24) is 0 Å². The molecule has 0 fully saturated rings. The summed E-state index contributed by atoms with van der Waals surface area (Å²) in [5.41, 5.74) is 6.14. The van der Waals surface area contributed by atoms with Crippen LogP contribution in [0.15, 0.2) is 18.2 Å². The molecule has 100 valence electrons. The summed E-state index contributed by atoms with van der Waals surface area (Å²) in [6, 6.07) is 4.45. The maximum atomic E-state index is 12.0. The molecule has 18 heavy (non-hydrogen) atoms. The second kappa shape index (κ2) is 5.61. The number of carbonyl (C=O) groups excluding carboxylic acids is 1. The Balaban J connectivity index is 2.75. The van der Waals surface area contributed by atoms with Gasteiger partial charge >= 0.3 is 12.1 Å². The monoisotopic (exact) mass is 262 g/mol. The van der Waals surface area contributed by atoms with Crippen molar-refractivity contribution in [2.75, 3.05) is 24.7 Å². The maximum absolute atomic E-state index is 12.0. The third-order valence-corrected chi connectivity index (χ3v) is 2.24. The smallest absolute Gasteiger partial charge is 0.390 e. The number of para-hydroxylation sites is 1. The molecule has 0 aliphatic rings. The largest absolute Gasteiger partial charge is 0.465 e. The zero-order chi connectivity index (χ0) is 13.8.